The third-order valence-corrected chi connectivity index (χ3v) is 4.44. The van der Waals surface area contributed by atoms with E-state index in [0.717, 1.165) is 22.4 Å². The molecule has 1 aromatic heterocycles. The molecule has 130 valence electrons. The summed E-state index contributed by atoms with van der Waals surface area (Å²) in [7, 11) is 1.56. The van der Waals surface area contributed by atoms with Crippen LogP contribution in [-0.2, 0) is 20.1 Å². The van der Waals surface area contributed by atoms with Gasteiger partial charge in [0.25, 0.3) is 0 Å². The van der Waals surface area contributed by atoms with Crippen LogP contribution in [0.1, 0.15) is 18.1 Å². The first-order valence-electron chi connectivity index (χ1n) is 7.72. The third kappa shape index (κ3) is 3.57. The molecule has 0 unspecified atom stereocenters. The van der Waals surface area contributed by atoms with Crippen molar-refractivity contribution in [3.63, 3.8) is 0 Å². The normalized spacial score (nSPS) is 10.9. The second kappa shape index (κ2) is 7.33. The largest absolute Gasteiger partial charge is 0.487 e. The summed E-state index contributed by atoms with van der Waals surface area (Å²) in [4.78, 5) is 13.0. The molecule has 2 aromatic carbocycles. The van der Waals surface area contributed by atoms with E-state index in [-0.39, 0.29) is 12.3 Å². The van der Waals surface area contributed by atoms with Crippen LogP contribution in [0.2, 0.25) is 5.02 Å². The lowest BCUT2D eigenvalue weighted by Crippen LogP contribution is -2.23. The monoisotopic (exact) mass is 376 g/mol. The Hall–Kier alpha value is -2.25. The van der Waals surface area contributed by atoms with Gasteiger partial charge in [-0.05, 0) is 46.7 Å². The van der Waals surface area contributed by atoms with E-state index in [1.807, 2.05) is 31.2 Å². The van der Waals surface area contributed by atoms with Crippen molar-refractivity contribution in [2.24, 2.45) is 7.05 Å². The van der Waals surface area contributed by atoms with Crippen molar-refractivity contribution in [2.75, 3.05) is 0 Å². The maximum atomic E-state index is 12.2. The Morgan fingerprint density at radius 1 is 1.24 bits per heavy atom. The predicted octanol–water partition coefficient (Wildman–Crippen LogP) is 3.05. The van der Waals surface area contributed by atoms with E-state index in [9.17, 15) is 4.79 Å². The molecule has 0 bridgehead atoms. The fourth-order valence-electron chi connectivity index (χ4n) is 2.54. The summed E-state index contributed by atoms with van der Waals surface area (Å²) in [5.74, 6) is 0.558. The summed E-state index contributed by atoms with van der Waals surface area (Å²) in [6.07, 6.45) is 0.796. The van der Waals surface area contributed by atoms with Gasteiger partial charge in [0.2, 0.25) is 0 Å². The van der Waals surface area contributed by atoms with E-state index < -0.39 is 0 Å². The Balaban J connectivity index is 1.99. The van der Waals surface area contributed by atoms with Gasteiger partial charge in [-0.15, -0.1) is 12.6 Å². The third-order valence-electron chi connectivity index (χ3n) is 3.87. The number of hydrogen-bond acceptors (Lipinski definition) is 5. The van der Waals surface area contributed by atoms with E-state index in [2.05, 4.69) is 23.1 Å². The van der Waals surface area contributed by atoms with Gasteiger partial charge in [-0.25, -0.2) is 4.79 Å². The second-order valence-corrected chi connectivity index (χ2v) is 6.39. The molecular weight excluding hydrogens is 360 g/mol. The van der Waals surface area contributed by atoms with Crippen LogP contribution < -0.4 is 10.4 Å². The molecule has 0 saturated carbocycles. The lowest BCUT2D eigenvalue weighted by atomic mass is 10.0. The van der Waals surface area contributed by atoms with Gasteiger partial charge >= 0.3 is 5.69 Å². The molecule has 0 fully saturated rings. The number of nitrogens with zero attached hydrogens (tertiary/aromatic N) is 4. The first-order valence-corrected chi connectivity index (χ1v) is 8.55. The van der Waals surface area contributed by atoms with Gasteiger partial charge in [0, 0.05) is 17.5 Å². The van der Waals surface area contributed by atoms with Crippen LogP contribution in [0.3, 0.4) is 0 Å². The SMILES string of the molecule is CCc1cccc(-n2nnn(C)c2=O)c1COc1ccc(S)cc1Cl. The van der Waals surface area contributed by atoms with Crippen LogP contribution in [0.15, 0.2) is 46.1 Å². The Morgan fingerprint density at radius 3 is 2.68 bits per heavy atom. The summed E-state index contributed by atoms with van der Waals surface area (Å²) in [5.41, 5.74) is 2.28. The molecular formula is C17H17ClN4O2S. The molecule has 25 heavy (non-hydrogen) atoms. The van der Waals surface area contributed by atoms with Crippen LogP contribution in [0, 0.1) is 0 Å². The summed E-state index contributed by atoms with van der Waals surface area (Å²) >= 11 is 10.5. The highest BCUT2D eigenvalue weighted by atomic mass is 35.5. The maximum Gasteiger partial charge on any atom is 0.368 e. The molecule has 0 amide bonds. The molecule has 0 aliphatic heterocycles. The molecule has 0 atom stereocenters. The van der Waals surface area contributed by atoms with E-state index in [1.165, 1.54) is 9.36 Å². The Kier molecular flexibility index (Phi) is 5.15. The standard InChI is InChI=1S/C17H17ClN4O2S/c1-3-11-5-4-6-15(22-17(23)21(2)19-20-22)13(11)10-24-16-8-7-12(25)9-14(16)18/h4-9,25H,3,10H2,1-2H3. The lowest BCUT2D eigenvalue weighted by Gasteiger charge is -2.15. The van der Waals surface area contributed by atoms with E-state index in [4.69, 9.17) is 16.3 Å². The maximum absolute atomic E-state index is 12.2. The first-order chi connectivity index (χ1) is 12.0. The molecule has 0 saturated heterocycles. The minimum Gasteiger partial charge on any atom is -0.487 e. The van der Waals surface area contributed by atoms with Gasteiger partial charge in [-0.3, -0.25) is 0 Å². The number of benzene rings is 2. The van der Waals surface area contributed by atoms with E-state index >= 15 is 0 Å². The minimum atomic E-state index is -0.313. The van der Waals surface area contributed by atoms with Crippen LogP contribution in [0.5, 0.6) is 5.75 Å². The summed E-state index contributed by atoms with van der Waals surface area (Å²) in [6, 6.07) is 11.0. The highest BCUT2D eigenvalue weighted by Gasteiger charge is 2.15. The van der Waals surface area contributed by atoms with Crippen LogP contribution >= 0.6 is 24.2 Å². The molecule has 0 aliphatic rings. The van der Waals surface area contributed by atoms with Crippen molar-refractivity contribution in [1.29, 1.82) is 0 Å². The van der Waals surface area contributed by atoms with E-state index in [0.29, 0.717) is 16.5 Å². The smallest absolute Gasteiger partial charge is 0.368 e. The Morgan fingerprint density at radius 2 is 2.04 bits per heavy atom. The van der Waals surface area contributed by atoms with Gasteiger partial charge in [-0.2, -0.15) is 9.36 Å². The fourth-order valence-corrected chi connectivity index (χ4v) is 3.05. The van der Waals surface area contributed by atoms with E-state index in [1.54, 1.807) is 19.2 Å². The van der Waals surface area contributed by atoms with Crippen LogP contribution in [-0.4, -0.2) is 19.8 Å². The molecule has 6 nitrogen and oxygen atoms in total. The molecule has 1 heterocycles. The topological polar surface area (TPSA) is 61.9 Å². The van der Waals surface area contributed by atoms with Crippen LogP contribution in [0.25, 0.3) is 5.69 Å². The highest BCUT2D eigenvalue weighted by Crippen LogP contribution is 2.28. The zero-order valence-corrected chi connectivity index (χ0v) is 15.5. The Bertz CT molecular complexity index is 968. The molecule has 0 aliphatic carbocycles. The van der Waals surface area contributed by atoms with Crippen molar-refractivity contribution in [1.82, 2.24) is 19.8 Å². The van der Waals surface area contributed by atoms with Crippen molar-refractivity contribution in [3.05, 3.63) is 63.0 Å². The van der Waals surface area contributed by atoms with Gasteiger partial charge in [-0.1, -0.05) is 30.7 Å². The molecule has 3 aromatic rings. The molecule has 8 heteroatoms. The summed E-state index contributed by atoms with van der Waals surface area (Å²) in [6.45, 7) is 2.30. The van der Waals surface area contributed by atoms with Crippen molar-refractivity contribution < 1.29 is 4.74 Å². The molecule has 0 N–H and O–H groups in total. The highest BCUT2D eigenvalue weighted by molar-refractivity contribution is 7.80. The average molecular weight is 377 g/mol. The summed E-state index contributed by atoms with van der Waals surface area (Å²) in [5, 5.41) is 8.19. The minimum absolute atomic E-state index is 0.258. The van der Waals surface area contributed by atoms with Gasteiger partial charge in [0.1, 0.15) is 12.4 Å². The predicted molar refractivity (Wildman–Crippen MR) is 99.0 cm³/mol. The fraction of sp³-hybridized carbons (Fsp3) is 0.235. The first kappa shape index (κ1) is 17.6. The number of tetrazole rings is 1. The quantitative estimate of drug-likeness (QED) is 0.695. The van der Waals surface area contributed by atoms with Gasteiger partial charge in [0.15, 0.2) is 0 Å². The number of hydrogen-bond donors (Lipinski definition) is 1. The molecule has 0 spiro atoms. The van der Waals surface area contributed by atoms with Crippen molar-refractivity contribution in [2.45, 2.75) is 24.8 Å². The molecule has 3 rings (SSSR count). The summed E-state index contributed by atoms with van der Waals surface area (Å²) < 4.78 is 8.35. The van der Waals surface area contributed by atoms with Gasteiger partial charge in [0.05, 0.1) is 10.7 Å². The van der Waals surface area contributed by atoms with Crippen LogP contribution in [0.4, 0.5) is 0 Å². The van der Waals surface area contributed by atoms with Crippen molar-refractivity contribution >= 4 is 24.2 Å². The Labute approximate surface area is 155 Å². The number of ether oxygens (including phenoxy) is 1. The van der Waals surface area contributed by atoms with Gasteiger partial charge < -0.3 is 4.74 Å². The zero-order chi connectivity index (χ0) is 18.0. The van der Waals surface area contributed by atoms with Crippen molar-refractivity contribution in [3.8, 4) is 11.4 Å². The second-order valence-electron chi connectivity index (χ2n) is 5.47. The number of thiol groups is 1. The number of halogens is 1. The lowest BCUT2D eigenvalue weighted by molar-refractivity contribution is 0.304. The number of aryl methyl sites for hydroxylation is 2. The number of aromatic nitrogens is 4. The zero-order valence-electron chi connectivity index (χ0n) is 13.8. The number of rotatable bonds is 5. The molecule has 0 radical (unpaired) electrons. The average Bonchev–Trinajstić information content (AvgIpc) is 2.93.